The summed E-state index contributed by atoms with van der Waals surface area (Å²) in [5.74, 6) is 0.735. The molecular weight excluding hydrogens is 378 g/mol. The van der Waals surface area contributed by atoms with Crippen molar-refractivity contribution in [3.05, 3.63) is 29.3 Å². The lowest BCUT2D eigenvalue weighted by Gasteiger charge is -2.33. The molecule has 0 bridgehead atoms. The Morgan fingerprint density at radius 1 is 0.967 bits per heavy atom. The largest absolute Gasteiger partial charge is 0.426 e. The molecule has 1 aromatic carbocycles. The molecule has 1 aliphatic heterocycles. The van der Waals surface area contributed by atoms with Crippen LogP contribution < -0.4 is 10.1 Å². The highest BCUT2D eigenvalue weighted by Crippen LogP contribution is 2.34. The lowest BCUT2D eigenvalue weighted by atomic mass is 9.94. The highest BCUT2D eigenvalue weighted by molar-refractivity contribution is 5.82. The maximum atomic E-state index is 12.4. The van der Waals surface area contributed by atoms with Crippen LogP contribution in [0, 0.1) is 0 Å². The Labute approximate surface area is 182 Å². The standard InChI is InChI=1S/C24H39N3O3/c1-6-26-14-16-27(17-15-26)13-12-25-22(28)10-11-23(29)30-24-20(18(2)3)8-7-9-21(24)19(4)5/h7-9,18-19H,6,10-17H2,1-5H3,(H,25,28). The van der Waals surface area contributed by atoms with Crippen LogP contribution in [0.25, 0.3) is 0 Å². The minimum absolute atomic E-state index is 0.0883. The molecule has 0 unspecified atom stereocenters. The Morgan fingerprint density at radius 3 is 2.07 bits per heavy atom. The van der Waals surface area contributed by atoms with E-state index in [-0.39, 0.29) is 36.6 Å². The van der Waals surface area contributed by atoms with Gasteiger partial charge in [-0.3, -0.25) is 14.5 Å². The minimum Gasteiger partial charge on any atom is -0.426 e. The van der Waals surface area contributed by atoms with Crippen LogP contribution in [0.2, 0.25) is 0 Å². The van der Waals surface area contributed by atoms with Gasteiger partial charge in [0.1, 0.15) is 5.75 Å². The molecule has 168 valence electrons. The number of carbonyl (C=O) groups is 2. The molecule has 0 radical (unpaired) electrons. The van der Waals surface area contributed by atoms with Crippen molar-refractivity contribution in [1.29, 1.82) is 0 Å². The van der Waals surface area contributed by atoms with Gasteiger partial charge in [-0.05, 0) is 29.5 Å². The van der Waals surface area contributed by atoms with Gasteiger partial charge >= 0.3 is 5.97 Å². The van der Waals surface area contributed by atoms with Crippen molar-refractivity contribution in [3.8, 4) is 5.75 Å². The van der Waals surface area contributed by atoms with Gasteiger partial charge in [0.2, 0.25) is 5.91 Å². The lowest BCUT2D eigenvalue weighted by molar-refractivity contribution is -0.136. The predicted molar refractivity (Wildman–Crippen MR) is 121 cm³/mol. The van der Waals surface area contributed by atoms with Crippen molar-refractivity contribution in [3.63, 3.8) is 0 Å². The summed E-state index contributed by atoms with van der Waals surface area (Å²) in [4.78, 5) is 29.4. The molecular formula is C24H39N3O3. The summed E-state index contributed by atoms with van der Waals surface area (Å²) in [5.41, 5.74) is 2.06. The van der Waals surface area contributed by atoms with Crippen molar-refractivity contribution < 1.29 is 14.3 Å². The SMILES string of the molecule is CCN1CCN(CCNC(=O)CCC(=O)Oc2c(C(C)C)cccc2C(C)C)CC1. The Hall–Kier alpha value is -1.92. The molecule has 2 rings (SSSR count). The number of hydrogen-bond donors (Lipinski definition) is 1. The number of benzene rings is 1. The highest BCUT2D eigenvalue weighted by atomic mass is 16.5. The van der Waals surface area contributed by atoms with Crippen molar-refractivity contribution in [1.82, 2.24) is 15.1 Å². The molecule has 1 aromatic rings. The van der Waals surface area contributed by atoms with Gasteiger partial charge in [-0.1, -0.05) is 52.8 Å². The zero-order chi connectivity index (χ0) is 22.1. The van der Waals surface area contributed by atoms with Gasteiger partial charge in [0.25, 0.3) is 0 Å². The van der Waals surface area contributed by atoms with E-state index in [1.807, 2.05) is 18.2 Å². The first-order valence-electron chi connectivity index (χ1n) is 11.4. The summed E-state index contributed by atoms with van der Waals surface area (Å²) in [6.45, 7) is 17.4. The quantitative estimate of drug-likeness (QED) is 0.467. The molecule has 0 saturated carbocycles. The second-order valence-electron chi connectivity index (χ2n) is 8.67. The number of nitrogens with zero attached hydrogens (tertiary/aromatic N) is 2. The van der Waals surface area contributed by atoms with Crippen molar-refractivity contribution >= 4 is 11.9 Å². The van der Waals surface area contributed by atoms with Gasteiger partial charge in [0.05, 0.1) is 6.42 Å². The van der Waals surface area contributed by atoms with Crippen LogP contribution in [-0.4, -0.2) is 67.5 Å². The Morgan fingerprint density at radius 2 is 1.53 bits per heavy atom. The van der Waals surface area contributed by atoms with E-state index in [9.17, 15) is 9.59 Å². The first-order chi connectivity index (χ1) is 14.3. The highest BCUT2D eigenvalue weighted by Gasteiger charge is 2.19. The van der Waals surface area contributed by atoms with E-state index >= 15 is 0 Å². The Bertz CT molecular complexity index is 669. The number of amides is 1. The van der Waals surface area contributed by atoms with Crippen molar-refractivity contribution in [2.24, 2.45) is 0 Å². The number of likely N-dealkylation sites (N-methyl/N-ethyl adjacent to an activating group) is 1. The third kappa shape index (κ3) is 7.40. The average molecular weight is 418 g/mol. The number of ether oxygens (including phenoxy) is 1. The number of carbonyl (C=O) groups excluding carboxylic acids is 2. The van der Waals surface area contributed by atoms with Crippen LogP contribution in [0.5, 0.6) is 5.75 Å². The van der Waals surface area contributed by atoms with Crippen molar-refractivity contribution in [2.75, 3.05) is 45.8 Å². The first-order valence-corrected chi connectivity index (χ1v) is 11.4. The van der Waals surface area contributed by atoms with E-state index in [4.69, 9.17) is 4.74 Å². The zero-order valence-corrected chi connectivity index (χ0v) is 19.4. The van der Waals surface area contributed by atoms with Gasteiger partial charge in [-0.15, -0.1) is 0 Å². The monoisotopic (exact) mass is 417 g/mol. The second kappa shape index (κ2) is 12.1. The third-order valence-corrected chi connectivity index (χ3v) is 5.75. The molecule has 1 amide bonds. The fourth-order valence-electron chi connectivity index (χ4n) is 3.75. The van der Waals surface area contributed by atoms with E-state index in [0.29, 0.717) is 12.3 Å². The average Bonchev–Trinajstić information content (AvgIpc) is 2.72. The number of rotatable bonds is 10. The summed E-state index contributed by atoms with van der Waals surface area (Å²) in [7, 11) is 0. The van der Waals surface area contributed by atoms with Crippen LogP contribution in [0.1, 0.15) is 70.4 Å². The fraction of sp³-hybridized carbons (Fsp3) is 0.667. The van der Waals surface area contributed by atoms with Gasteiger partial charge in [-0.2, -0.15) is 0 Å². The molecule has 0 aliphatic carbocycles. The molecule has 6 nitrogen and oxygen atoms in total. The van der Waals surface area contributed by atoms with Crippen LogP contribution in [0.4, 0.5) is 0 Å². The summed E-state index contributed by atoms with van der Waals surface area (Å²) >= 11 is 0. The molecule has 6 heteroatoms. The normalized spacial score (nSPS) is 15.6. The maximum Gasteiger partial charge on any atom is 0.311 e. The molecule has 1 N–H and O–H groups in total. The van der Waals surface area contributed by atoms with Gasteiger partial charge in [0, 0.05) is 45.7 Å². The lowest BCUT2D eigenvalue weighted by Crippen LogP contribution is -2.48. The number of nitrogens with one attached hydrogen (secondary N) is 1. The Kier molecular flexibility index (Phi) is 9.79. The van der Waals surface area contributed by atoms with E-state index in [1.54, 1.807) is 0 Å². The first kappa shape index (κ1) is 24.4. The molecule has 30 heavy (non-hydrogen) atoms. The molecule has 0 spiro atoms. The second-order valence-corrected chi connectivity index (χ2v) is 8.67. The van der Waals surface area contributed by atoms with E-state index in [0.717, 1.165) is 50.4 Å². The zero-order valence-electron chi connectivity index (χ0n) is 19.4. The molecule has 0 aromatic heterocycles. The predicted octanol–water partition coefficient (Wildman–Crippen LogP) is 3.37. The smallest absolute Gasteiger partial charge is 0.311 e. The molecule has 0 atom stereocenters. The topological polar surface area (TPSA) is 61.9 Å². The van der Waals surface area contributed by atoms with Crippen molar-refractivity contribution in [2.45, 2.75) is 59.3 Å². The molecule has 1 aliphatic rings. The van der Waals surface area contributed by atoms with Gasteiger partial charge in [0.15, 0.2) is 0 Å². The number of hydrogen-bond acceptors (Lipinski definition) is 5. The van der Waals surface area contributed by atoms with E-state index in [1.165, 1.54) is 0 Å². The summed E-state index contributed by atoms with van der Waals surface area (Å²) < 4.78 is 5.74. The van der Waals surface area contributed by atoms with Gasteiger partial charge in [-0.25, -0.2) is 0 Å². The minimum atomic E-state index is -0.351. The number of esters is 1. The Balaban J connectivity index is 1.76. The third-order valence-electron chi connectivity index (χ3n) is 5.75. The van der Waals surface area contributed by atoms with E-state index in [2.05, 4.69) is 49.7 Å². The van der Waals surface area contributed by atoms with E-state index < -0.39 is 0 Å². The van der Waals surface area contributed by atoms with Crippen LogP contribution in [0.15, 0.2) is 18.2 Å². The van der Waals surface area contributed by atoms with Crippen LogP contribution in [0.3, 0.4) is 0 Å². The summed E-state index contributed by atoms with van der Waals surface area (Å²) in [6, 6.07) is 6.02. The van der Waals surface area contributed by atoms with Crippen LogP contribution >= 0.6 is 0 Å². The molecule has 1 heterocycles. The fourth-order valence-corrected chi connectivity index (χ4v) is 3.75. The number of para-hydroxylation sites is 1. The molecule has 1 fully saturated rings. The number of piperazine rings is 1. The van der Waals surface area contributed by atoms with Gasteiger partial charge < -0.3 is 15.0 Å². The van der Waals surface area contributed by atoms with Crippen LogP contribution in [-0.2, 0) is 9.59 Å². The maximum absolute atomic E-state index is 12.4. The summed E-state index contributed by atoms with van der Waals surface area (Å²) in [6.07, 6.45) is 0.244. The summed E-state index contributed by atoms with van der Waals surface area (Å²) in [5, 5.41) is 2.93. The molecule has 1 saturated heterocycles.